The van der Waals surface area contributed by atoms with Gasteiger partial charge in [0.25, 0.3) is 0 Å². The fourth-order valence-electron chi connectivity index (χ4n) is 0. The lowest BCUT2D eigenvalue weighted by molar-refractivity contribution is -0.0842. The van der Waals surface area contributed by atoms with Crippen molar-refractivity contribution in [2.75, 3.05) is 0 Å². The first-order chi connectivity index (χ1) is 2.94. The van der Waals surface area contributed by atoms with Crippen molar-refractivity contribution in [3.8, 4) is 0 Å². The largest absolute Gasteiger partial charge is 0.402 e. The highest BCUT2D eigenvalue weighted by Gasteiger charge is 2.26. The second-order valence-corrected chi connectivity index (χ2v) is 1.02. The molecule has 0 bridgehead atoms. The molecule has 0 aromatic heterocycles. The van der Waals surface area contributed by atoms with Crippen LogP contribution in [0.1, 0.15) is 0 Å². The molecule has 0 atom stereocenters. The summed E-state index contributed by atoms with van der Waals surface area (Å²) in [6.45, 7) is 2.48. The zero-order valence-electron chi connectivity index (χ0n) is 3.42. The van der Waals surface area contributed by atoms with Crippen molar-refractivity contribution >= 4 is 7.85 Å². The molecule has 0 amide bonds. The van der Waals surface area contributed by atoms with Gasteiger partial charge >= 0.3 is 6.18 Å². The summed E-state index contributed by atoms with van der Waals surface area (Å²) < 4.78 is 32.9. The Labute approximate surface area is 40.4 Å². The fourth-order valence-corrected chi connectivity index (χ4v) is 0. The van der Waals surface area contributed by atoms with Crippen molar-refractivity contribution in [1.82, 2.24) is 0 Å². The maximum atomic E-state index is 11.0. The highest BCUT2D eigenvalue weighted by atomic mass is 19.4. The van der Waals surface area contributed by atoms with E-state index in [1.165, 1.54) is 0 Å². The molecule has 2 radical (unpaired) electrons. The highest BCUT2D eigenvalue weighted by molar-refractivity contribution is 6.22. The molecule has 0 unspecified atom stereocenters. The molecule has 0 N–H and O–H groups in total. The van der Waals surface area contributed by atoms with Crippen LogP contribution >= 0.6 is 0 Å². The van der Waals surface area contributed by atoms with Gasteiger partial charge in [0.1, 0.15) is 7.85 Å². The fraction of sp³-hybridized carbons (Fsp3) is 0.333. The Hall–Kier alpha value is -0.405. The molecule has 0 nitrogen and oxygen atoms in total. The van der Waals surface area contributed by atoms with Gasteiger partial charge in [0, 0.05) is 0 Å². The molecule has 0 aromatic rings. The second-order valence-electron chi connectivity index (χ2n) is 1.02. The molecule has 0 aromatic carbocycles. The lowest BCUT2D eigenvalue weighted by Gasteiger charge is -2.01. The summed E-state index contributed by atoms with van der Waals surface area (Å²) in [6, 6.07) is 0. The summed E-state index contributed by atoms with van der Waals surface area (Å²) in [5, 5.41) is 0. The first-order valence-electron chi connectivity index (χ1n) is 1.46. The van der Waals surface area contributed by atoms with Crippen LogP contribution in [-0.2, 0) is 0 Å². The predicted octanol–water partition coefficient (Wildman–Crippen LogP) is 1.23. The van der Waals surface area contributed by atoms with Crippen LogP contribution in [0.15, 0.2) is 12.1 Å². The Morgan fingerprint density at radius 2 is 1.57 bits per heavy atom. The van der Waals surface area contributed by atoms with Gasteiger partial charge in [0.15, 0.2) is 0 Å². The number of rotatable bonds is 0. The zero-order chi connectivity index (χ0) is 6.08. The number of halogens is 3. The minimum atomic E-state index is -4.42. The molecule has 0 saturated heterocycles. The van der Waals surface area contributed by atoms with E-state index in [0.717, 1.165) is 0 Å². The molecule has 7 heavy (non-hydrogen) atoms. The zero-order valence-corrected chi connectivity index (χ0v) is 3.42. The molecule has 0 heterocycles. The Bertz CT molecular complexity index is 82.7. The van der Waals surface area contributed by atoms with Gasteiger partial charge in [-0.1, -0.05) is 0 Å². The van der Waals surface area contributed by atoms with Crippen molar-refractivity contribution in [1.29, 1.82) is 0 Å². The van der Waals surface area contributed by atoms with Gasteiger partial charge in [-0.25, -0.2) is 0 Å². The molecule has 0 saturated carbocycles. The highest BCUT2D eigenvalue weighted by Crippen LogP contribution is 2.20. The quantitative estimate of drug-likeness (QED) is 0.407. The number of hydrogen-bond acceptors (Lipinski definition) is 0. The van der Waals surface area contributed by atoms with Gasteiger partial charge < -0.3 is 0 Å². The number of hydrogen-bond donors (Lipinski definition) is 0. The molecular formula is C3H2BF3. The van der Waals surface area contributed by atoms with Crippen LogP contribution in [0.5, 0.6) is 0 Å². The topological polar surface area (TPSA) is 0 Å². The number of allylic oxidation sites excluding steroid dienone is 1. The van der Waals surface area contributed by atoms with E-state index in [1.807, 2.05) is 0 Å². The van der Waals surface area contributed by atoms with Gasteiger partial charge in [-0.3, -0.25) is 0 Å². The summed E-state index contributed by atoms with van der Waals surface area (Å²) in [6.07, 6.45) is -4.42. The summed E-state index contributed by atoms with van der Waals surface area (Å²) in [4.78, 5) is 0. The van der Waals surface area contributed by atoms with E-state index in [9.17, 15) is 13.2 Å². The summed E-state index contributed by atoms with van der Waals surface area (Å²) in [7, 11) is 4.25. The normalized spacial score (nSPS) is 11.3. The first-order valence-corrected chi connectivity index (χ1v) is 1.46. The third kappa shape index (κ3) is 2.31. The van der Waals surface area contributed by atoms with E-state index in [-0.39, 0.29) is 0 Å². The Kier molecular flexibility index (Phi) is 1.51. The van der Waals surface area contributed by atoms with Crippen molar-refractivity contribution in [3.05, 3.63) is 12.1 Å². The summed E-state index contributed by atoms with van der Waals surface area (Å²) >= 11 is 0. The van der Waals surface area contributed by atoms with Crippen LogP contribution in [0.4, 0.5) is 13.2 Å². The van der Waals surface area contributed by atoms with E-state index >= 15 is 0 Å². The predicted molar refractivity (Wildman–Crippen MR) is 20.9 cm³/mol. The van der Waals surface area contributed by atoms with Crippen LogP contribution in [0.25, 0.3) is 0 Å². The van der Waals surface area contributed by atoms with Crippen LogP contribution in [0.3, 0.4) is 0 Å². The van der Waals surface area contributed by atoms with Gasteiger partial charge in [-0.15, -0.1) is 6.58 Å². The van der Waals surface area contributed by atoms with E-state index in [4.69, 9.17) is 0 Å². The van der Waals surface area contributed by atoms with Crippen LogP contribution in [0.2, 0.25) is 0 Å². The van der Waals surface area contributed by atoms with E-state index in [2.05, 4.69) is 14.4 Å². The molecule has 0 aliphatic heterocycles. The van der Waals surface area contributed by atoms with Gasteiger partial charge in [-0.2, -0.15) is 13.2 Å². The molecule has 0 rings (SSSR count). The maximum absolute atomic E-state index is 11.0. The van der Waals surface area contributed by atoms with Crippen molar-refractivity contribution in [2.45, 2.75) is 6.18 Å². The van der Waals surface area contributed by atoms with Crippen LogP contribution in [-0.4, -0.2) is 14.0 Å². The first kappa shape index (κ1) is 6.59. The van der Waals surface area contributed by atoms with Crippen molar-refractivity contribution in [3.63, 3.8) is 0 Å². The third-order valence-corrected chi connectivity index (χ3v) is 0.364. The molecule has 0 aliphatic carbocycles. The number of alkyl halides is 3. The van der Waals surface area contributed by atoms with E-state index in [0.29, 0.717) is 0 Å². The molecule has 0 spiro atoms. The van der Waals surface area contributed by atoms with E-state index in [1.54, 1.807) is 0 Å². The van der Waals surface area contributed by atoms with Crippen molar-refractivity contribution in [2.24, 2.45) is 0 Å². The standard InChI is InChI=1S/C3H2BF3/c1-2(4)3(5,6)7/h1H2. The lowest BCUT2D eigenvalue weighted by atomic mass is 9.98. The summed E-state index contributed by atoms with van der Waals surface area (Å²) in [5.41, 5.74) is -1.26. The SMILES string of the molecule is [B]C(=C)C(F)(F)F. The Morgan fingerprint density at radius 1 is 1.43 bits per heavy atom. The smallest absolute Gasteiger partial charge is 0.167 e. The third-order valence-electron chi connectivity index (χ3n) is 0.364. The Balaban J connectivity index is 3.79. The average Bonchev–Trinajstić information content (AvgIpc) is 1.31. The van der Waals surface area contributed by atoms with E-state index < -0.39 is 11.6 Å². The Morgan fingerprint density at radius 3 is 1.57 bits per heavy atom. The monoisotopic (exact) mass is 106 g/mol. The molecule has 0 aliphatic rings. The second kappa shape index (κ2) is 1.60. The average molecular weight is 106 g/mol. The molecule has 38 valence electrons. The molecule has 4 heteroatoms. The van der Waals surface area contributed by atoms with Crippen LogP contribution < -0.4 is 0 Å². The minimum Gasteiger partial charge on any atom is -0.167 e. The minimum absolute atomic E-state index is 1.26. The summed E-state index contributed by atoms with van der Waals surface area (Å²) in [5.74, 6) is 0. The molecular weight excluding hydrogens is 104 g/mol. The lowest BCUT2D eigenvalue weighted by Crippen LogP contribution is -2.09. The molecule has 0 fully saturated rings. The van der Waals surface area contributed by atoms with Crippen LogP contribution in [0, 0.1) is 0 Å². The van der Waals surface area contributed by atoms with Gasteiger partial charge in [0.2, 0.25) is 0 Å². The maximum Gasteiger partial charge on any atom is 0.402 e. The van der Waals surface area contributed by atoms with Gasteiger partial charge in [0.05, 0.1) is 0 Å². The van der Waals surface area contributed by atoms with Gasteiger partial charge in [-0.05, 0) is 5.47 Å². The van der Waals surface area contributed by atoms with Crippen molar-refractivity contribution < 1.29 is 13.2 Å².